The molecule has 5 heteroatoms. The van der Waals surface area contributed by atoms with Gasteiger partial charge >= 0.3 is 0 Å². The van der Waals surface area contributed by atoms with Crippen LogP contribution in [0.2, 0.25) is 0 Å². The van der Waals surface area contributed by atoms with E-state index < -0.39 is 0 Å². The normalized spacial score (nSPS) is 19.8. The Morgan fingerprint density at radius 2 is 2.00 bits per heavy atom. The van der Waals surface area contributed by atoms with Crippen LogP contribution in [0, 0.1) is 0 Å². The lowest BCUT2D eigenvalue weighted by atomic mass is 10.0. The molecule has 0 bridgehead atoms. The summed E-state index contributed by atoms with van der Waals surface area (Å²) in [4.78, 5) is 14.7. The number of hydrogen-bond acceptors (Lipinski definition) is 4. The number of amides is 1. The van der Waals surface area contributed by atoms with Gasteiger partial charge in [-0.2, -0.15) is 0 Å². The molecular formula is C21H26N2O3. The van der Waals surface area contributed by atoms with E-state index in [0.717, 1.165) is 17.7 Å². The Balaban J connectivity index is 1.62. The van der Waals surface area contributed by atoms with Gasteiger partial charge in [0.1, 0.15) is 6.10 Å². The van der Waals surface area contributed by atoms with E-state index >= 15 is 0 Å². The minimum Gasteiger partial charge on any atom is -0.379 e. The van der Waals surface area contributed by atoms with Gasteiger partial charge in [0.15, 0.2) is 0 Å². The monoisotopic (exact) mass is 354 g/mol. The lowest BCUT2D eigenvalue weighted by Gasteiger charge is -2.32. The maximum Gasteiger partial charge on any atom is 0.251 e. The summed E-state index contributed by atoms with van der Waals surface area (Å²) in [5.41, 5.74) is 2.77. The Labute approximate surface area is 154 Å². The highest BCUT2D eigenvalue weighted by atomic mass is 16.5. The summed E-state index contributed by atoms with van der Waals surface area (Å²) < 4.78 is 11.6. The lowest BCUT2D eigenvalue weighted by molar-refractivity contribution is -0.0736. The van der Waals surface area contributed by atoms with Crippen LogP contribution in [0.1, 0.15) is 22.3 Å². The standard InChI is InChI=1S/C21H26N2O3/c1-23(2)18-10-6-9-17(13-18)21(24)22-19-11-12-25-15-20(19)26-14-16-7-4-3-5-8-16/h3-10,13,19-20H,11-12,14-15H2,1-2H3,(H,22,24)/t19-,20-/m1/s1. The van der Waals surface area contributed by atoms with E-state index in [9.17, 15) is 4.79 Å². The topological polar surface area (TPSA) is 50.8 Å². The summed E-state index contributed by atoms with van der Waals surface area (Å²) in [5, 5.41) is 3.13. The maximum absolute atomic E-state index is 12.7. The average Bonchev–Trinajstić information content (AvgIpc) is 2.68. The molecule has 1 fully saturated rings. The number of carbonyl (C=O) groups is 1. The van der Waals surface area contributed by atoms with Gasteiger partial charge in [0.05, 0.1) is 19.3 Å². The molecule has 0 aliphatic carbocycles. The quantitative estimate of drug-likeness (QED) is 0.867. The minimum absolute atomic E-state index is 0.0528. The second-order valence-corrected chi connectivity index (χ2v) is 6.72. The molecule has 1 N–H and O–H groups in total. The molecular weight excluding hydrogens is 328 g/mol. The van der Waals surface area contributed by atoms with Crippen LogP contribution in [0.4, 0.5) is 5.69 Å². The van der Waals surface area contributed by atoms with Gasteiger partial charge in [0, 0.05) is 32.0 Å². The first-order chi connectivity index (χ1) is 12.6. The van der Waals surface area contributed by atoms with Gasteiger partial charge in [-0.25, -0.2) is 0 Å². The van der Waals surface area contributed by atoms with E-state index in [1.807, 2.05) is 73.6 Å². The first kappa shape index (κ1) is 18.4. The molecule has 0 saturated carbocycles. The van der Waals surface area contributed by atoms with Crippen molar-refractivity contribution >= 4 is 11.6 Å². The molecule has 1 aliphatic heterocycles. The van der Waals surface area contributed by atoms with Gasteiger partial charge in [-0.15, -0.1) is 0 Å². The van der Waals surface area contributed by atoms with Crippen molar-refractivity contribution in [3.63, 3.8) is 0 Å². The van der Waals surface area contributed by atoms with Crippen molar-refractivity contribution in [2.75, 3.05) is 32.2 Å². The Morgan fingerprint density at radius 3 is 2.77 bits per heavy atom. The Kier molecular flexibility index (Phi) is 6.26. The second kappa shape index (κ2) is 8.83. The number of rotatable bonds is 6. The molecule has 2 atom stereocenters. The van der Waals surface area contributed by atoms with Crippen molar-refractivity contribution in [1.29, 1.82) is 0 Å². The van der Waals surface area contributed by atoms with Crippen LogP contribution in [0.3, 0.4) is 0 Å². The van der Waals surface area contributed by atoms with E-state index in [0.29, 0.717) is 25.4 Å². The molecule has 1 aliphatic rings. The fraction of sp³-hybridized carbons (Fsp3) is 0.381. The van der Waals surface area contributed by atoms with E-state index in [1.165, 1.54) is 0 Å². The van der Waals surface area contributed by atoms with Crippen LogP contribution in [0.15, 0.2) is 54.6 Å². The van der Waals surface area contributed by atoms with Gasteiger partial charge in [-0.1, -0.05) is 36.4 Å². The fourth-order valence-corrected chi connectivity index (χ4v) is 3.00. The largest absolute Gasteiger partial charge is 0.379 e. The van der Waals surface area contributed by atoms with Crippen molar-refractivity contribution in [3.8, 4) is 0 Å². The summed E-state index contributed by atoms with van der Waals surface area (Å²) in [6, 6.07) is 17.6. The van der Waals surface area contributed by atoms with Crippen molar-refractivity contribution < 1.29 is 14.3 Å². The summed E-state index contributed by atoms with van der Waals surface area (Å²) in [5.74, 6) is -0.0751. The highest BCUT2D eigenvalue weighted by Crippen LogP contribution is 2.17. The smallest absolute Gasteiger partial charge is 0.251 e. The lowest BCUT2D eigenvalue weighted by Crippen LogP contribution is -2.49. The van der Waals surface area contributed by atoms with Crippen molar-refractivity contribution in [1.82, 2.24) is 5.32 Å². The molecule has 1 heterocycles. The number of benzene rings is 2. The van der Waals surface area contributed by atoms with Crippen LogP contribution in [0.5, 0.6) is 0 Å². The number of nitrogens with zero attached hydrogens (tertiary/aromatic N) is 1. The summed E-state index contributed by atoms with van der Waals surface area (Å²) >= 11 is 0. The van der Waals surface area contributed by atoms with Crippen LogP contribution in [-0.4, -0.2) is 45.4 Å². The summed E-state index contributed by atoms with van der Waals surface area (Å²) in [6.45, 7) is 1.64. The van der Waals surface area contributed by atoms with E-state index in [4.69, 9.17) is 9.47 Å². The van der Waals surface area contributed by atoms with E-state index in [2.05, 4.69) is 5.32 Å². The van der Waals surface area contributed by atoms with E-state index in [-0.39, 0.29) is 18.1 Å². The van der Waals surface area contributed by atoms with Crippen LogP contribution in [-0.2, 0) is 16.1 Å². The van der Waals surface area contributed by atoms with Crippen LogP contribution >= 0.6 is 0 Å². The van der Waals surface area contributed by atoms with Crippen LogP contribution in [0.25, 0.3) is 0 Å². The highest BCUT2D eigenvalue weighted by molar-refractivity contribution is 5.95. The van der Waals surface area contributed by atoms with Crippen molar-refractivity contribution in [2.24, 2.45) is 0 Å². The third-order valence-corrected chi connectivity index (χ3v) is 4.55. The number of carbonyl (C=O) groups excluding carboxylic acids is 1. The molecule has 2 aromatic carbocycles. The number of anilines is 1. The molecule has 3 rings (SSSR count). The minimum atomic E-state index is -0.148. The fourth-order valence-electron chi connectivity index (χ4n) is 3.00. The molecule has 26 heavy (non-hydrogen) atoms. The molecule has 1 amide bonds. The first-order valence-corrected chi connectivity index (χ1v) is 8.95. The summed E-state index contributed by atoms with van der Waals surface area (Å²) in [7, 11) is 3.92. The molecule has 138 valence electrons. The SMILES string of the molecule is CN(C)c1cccc(C(=O)N[C@@H]2CCOC[C@H]2OCc2ccccc2)c1. The second-order valence-electron chi connectivity index (χ2n) is 6.72. The van der Waals surface area contributed by atoms with Gasteiger partial charge in [0.2, 0.25) is 0 Å². The highest BCUT2D eigenvalue weighted by Gasteiger charge is 2.28. The van der Waals surface area contributed by atoms with E-state index in [1.54, 1.807) is 0 Å². The molecule has 2 aromatic rings. The van der Waals surface area contributed by atoms with Crippen LogP contribution < -0.4 is 10.2 Å². The van der Waals surface area contributed by atoms with Gasteiger partial charge in [-0.3, -0.25) is 4.79 Å². The molecule has 0 unspecified atom stereocenters. The predicted molar refractivity (Wildman–Crippen MR) is 102 cm³/mol. The first-order valence-electron chi connectivity index (χ1n) is 8.95. The number of nitrogens with one attached hydrogen (secondary N) is 1. The average molecular weight is 354 g/mol. The number of ether oxygens (including phenoxy) is 2. The zero-order valence-corrected chi connectivity index (χ0v) is 15.4. The Morgan fingerprint density at radius 1 is 1.19 bits per heavy atom. The maximum atomic E-state index is 12.7. The van der Waals surface area contributed by atoms with Gasteiger partial charge in [0.25, 0.3) is 5.91 Å². The van der Waals surface area contributed by atoms with Gasteiger partial charge in [-0.05, 0) is 30.2 Å². The molecule has 0 radical (unpaired) electrons. The Bertz CT molecular complexity index is 718. The Hall–Kier alpha value is -2.37. The number of hydrogen-bond donors (Lipinski definition) is 1. The molecule has 5 nitrogen and oxygen atoms in total. The summed E-state index contributed by atoms with van der Waals surface area (Å²) in [6.07, 6.45) is 0.600. The van der Waals surface area contributed by atoms with Gasteiger partial charge < -0.3 is 19.7 Å². The third-order valence-electron chi connectivity index (χ3n) is 4.55. The molecule has 0 aromatic heterocycles. The predicted octanol–water partition coefficient (Wildman–Crippen LogP) is 2.86. The zero-order chi connectivity index (χ0) is 18.4. The molecule has 0 spiro atoms. The third kappa shape index (κ3) is 4.84. The van der Waals surface area contributed by atoms with Crippen molar-refractivity contribution in [2.45, 2.75) is 25.2 Å². The van der Waals surface area contributed by atoms with Crippen molar-refractivity contribution in [3.05, 3.63) is 65.7 Å². The molecule has 1 saturated heterocycles. The zero-order valence-electron chi connectivity index (χ0n) is 15.4.